The molecule has 18 heavy (non-hydrogen) atoms. The van der Waals surface area contributed by atoms with E-state index in [1.165, 1.54) is 21.2 Å². The van der Waals surface area contributed by atoms with Gasteiger partial charge < -0.3 is 4.90 Å². The molecule has 0 aliphatic carbocycles. The number of hydrogen-bond donors (Lipinski definition) is 0. The Morgan fingerprint density at radius 3 is 2.39 bits per heavy atom. The van der Waals surface area contributed by atoms with Gasteiger partial charge in [0, 0.05) is 16.9 Å². The van der Waals surface area contributed by atoms with Crippen molar-refractivity contribution < 1.29 is 0 Å². The third-order valence-corrected chi connectivity index (χ3v) is 3.93. The molecule has 0 fully saturated rings. The van der Waals surface area contributed by atoms with Crippen LogP contribution in [0.5, 0.6) is 0 Å². The molecular formula is C16H21NS. The van der Waals surface area contributed by atoms with Crippen molar-refractivity contribution in [1.82, 2.24) is 4.90 Å². The molecule has 1 heterocycles. The van der Waals surface area contributed by atoms with Crippen LogP contribution < -0.4 is 0 Å². The third-order valence-electron chi connectivity index (χ3n) is 2.67. The summed E-state index contributed by atoms with van der Waals surface area (Å²) in [6, 6.07) is 0. The summed E-state index contributed by atoms with van der Waals surface area (Å²) in [4.78, 5) is 4.67. The van der Waals surface area contributed by atoms with E-state index in [4.69, 9.17) is 0 Å². The van der Waals surface area contributed by atoms with Crippen LogP contribution in [0.15, 0.2) is 70.3 Å². The highest BCUT2D eigenvalue weighted by Gasteiger charge is 2.21. The summed E-state index contributed by atoms with van der Waals surface area (Å²) >= 11 is 1.77. The van der Waals surface area contributed by atoms with Crippen LogP contribution in [-0.4, -0.2) is 11.9 Å². The van der Waals surface area contributed by atoms with E-state index in [9.17, 15) is 0 Å². The lowest BCUT2D eigenvalue weighted by Gasteiger charge is -2.32. The van der Waals surface area contributed by atoms with E-state index in [0.29, 0.717) is 0 Å². The lowest BCUT2D eigenvalue weighted by atomic mass is 10.2. The largest absolute Gasteiger partial charge is 0.343 e. The first-order valence-electron chi connectivity index (χ1n) is 6.10. The molecule has 0 aromatic rings. The minimum absolute atomic E-state index is 1.19. The van der Waals surface area contributed by atoms with Crippen molar-refractivity contribution in [3.63, 3.8) is 0 Å². The smallest absolute Gasteiger partial charge is 0.0546 e. The zero-order valence-electron chi connectivity index (χ0n) is 11.6. The lowest BCUT2D eigenvalue weighted by Crippen LogP contribution is -2.21. The minimum Gasteiger partial charge on any atom is -0.343 e. The van der Waals surface area contributed by atoms with Gasteiger partial charge in [-0.15, -0.1) is 0 Å². The first kappa shape index (κ1) is 14.7. The van der Waals surface area contributed by atoms with Gasteiger partial charge in [-0.25, -0.2) is 0 Å². The lowest BCUT2D eigenvalue weighted by molar-refractivity contribution is 0.547. The average molecular weight is 259 g/mol. The van der Waals surface area contributed by atoms with Crippen molar-refractivity contribution in [2.24, 2.45) is 0 Å². The van der Waals surface area contributed by atoms with Gasteiger partial charge in [0.25, 0.3) is 0 Å². The predicted octanol–water partition coefficient (Wildman–Crippen LogP) is 5.00. The van der Waals surface area contributed by atoms with Crippen molar-refractivity contribution in [1.29, 1.82) is 0 Å². The Kier molecular flexibility index (Phi) is 5.79. The molecule has 0 bridgehead atoms. The maximum atomic E-state index is 3.91. The second-order valence-electron chi connectivity index (χ2n) is 3.85. The van der Waals surface area contributed by atoms with E-state index in [1.807, 2.05) is 26.0 Å². The van der Waals surface area contributed by atoms with Crippen LogP contribution >= 0.6 is 11.8 Å². The molecule has 0 saturated heterocycles. The molecule has 0 aromatic heterocycles. The molecule has 0 unspecified atom stereocenters. The Morgan fingerprint density at radius 1 is 1.17 bits per heavy atom. The molecule has 1 rings (SSSR count). The first-order valence-corrected chi connectivity index (χ1v) is 6.91. The zero-order chi connectivity index (χ0) is 13.5. The molecule has 2 heteroatoms. The Hall–Kier alpha value is -1.41. The van der Waals surface area contributed by atoms with Crippen molar-refractivity contribution in [2.75, 3.05) is 7.05 Å². The highest BCUT2D eigenvalue weighted by atomic mass is 32.2. The summed E-state index contributed by atoms with van der Waals surface area (Å²) in [5.74, 6) is 0. The standard InChI is InChI=1S/C16H21NS/c1-6-10-12-14-16(9-4)18-15(8-3)13(11-7-2)17(14)5/h6-12H,3H2,1-2,4-5H3/b10-6-,11-7-,14-12+,16-9+. The van der Waals surface area contributed by atoms with Crippen LogP contribution in [0.3, 0.4) is 0 Å². The van der Waals surface area contributed by atoms with Crippen LogP contribution in [0.25, 0.3) is 0 Å². The summed E-state index contributed by atoms with van der Waals surface area (Å²) in [5.41, 5.74) is 2.41. The molecule has 0 spiro atoms. The summed E-state index contributed by atoms with van der Waals surface area (Å²) < 4.78 is 0. The molecular weight excluding hydrogens is 238 g/mol. The molecule has 0 N–H and O–H groups in total. The molecule has 0 atom stereocenters. The molecule has 1 aliphatic heterocycles. The fraction of sp³-hybridized carbons (Fsp3) is 0.250. The number of rotatable bonds is 3. The van der Waals surface area contributed by atoms with Crippen LogP contribution in [0.1, 0.15) is 20.8 Å². The Labute approximate surface area is 115 Å². The van der Waals surface area contributed by atoms with E-state index < -0.39 is 0 Å². The maximum absolute atomic E-state index is 3.91. The quantitative estimate of drug-likeness (QED) is 0.701. The van der Waals surface area contributed by atoms with Gasteiger partial charge in [0.05, 0.1) is 11.4 Å². The molecule has 0 saturated carbocycles. The third kappa shape index (κ3) is 3.08. The molecule has 96 valence electrons. The van der Waals surface area contributed by atoms with Gasteiger partial charge in [-0.3, -0.25) is 0 Å². The number of likely N-dealkylation sites (N-methyl/N-ethyl adjacent to an activating group) is 1. The Bertz CT molecular complexity index is 461. The average Bonchev–Trinajstić information content (AvgIpc) is 2.39. The van der Waals surface area contributed by atoms with Crippen LogP contribution in [0, 0.1) is 0 Å². The van der Waals surface area contributed by atoms with Gasteiger partial charge in [0.15, 0.2) is 0 Å². The monoisotopic (exact) mass is 259 g/mol. The van der Waals surface area contributed by atoms with Crippen molar-refractivity contribution in [3.05, 3.63) is 70.3 Å². The summed E-state index contributed by atoms with van der Waals surface area (Å²) in [6.07, 6.45) is 14.5. The van der Waals surface area contributed by atoms with Gasteiger partial charge in [-0.05, 0) is 32.9 Å². The van der Waals surface area contributed by atoms with E-state index in [2.05, 4.69) is 55.8 Å². The number of thioether (sulfide) groups is 1. The maximum Gasteiger partial charge on any atom is 0.0546 e. The van der Waals surface area contributed by atoms with Crippen molar-refractivity contribution in [3.8, 4) is 0 Å². The highest BCUT2D eigenvalue weighted by molar-refractivity contribution is 8.07. The van der Waals surface area contributed by atoms with Gasteiger partial charge in [-0.2, -0.15) is 0 Å². The van der Waals surface area contributed by atoms with Crippen LogP contribution in [0.4, 0.5) is 0 Å². The summed E-state index contributed by atoms with van der Waals surface area (Å²) in [5, 5.41) is 0. The SMILES string of the molecule is C=CC1=C(/C=C\C)N(C)C(=C/C=C\C)/C(=C\C)S1. The van der Waals surface area contributed by atoms with E-state index >= 15 is 0 Å². The van der Waals surface area contributed by atoms with Gasteiger partial charge >= 0.3 is 0 Å². The van der Waals surface area contributed by atoms with Gasteiger partial charge in [-0.1, -0.05) is 48.7 Å². The number of hydrogen-bond acceptors (Lipinski definition) is 2. The Balaban J connectivity index is 3.34. The molecule has 0 aromatic carbocycles. The molecule has 1 nitrogen and oxygen atoms in total. The van der Waals surface area contributed by atoms with E-state index in [-0.39, 0.29) is 0 Å². The van der Waals surface area contributed by atoms with Gasteiger partial charge in [0.2, 0.25) is 0 Å². The highest BCUT2D eigenvalue weighted by Crippen LogP contribution is 2.41. The van der Waals surface area contributed by atoms with E-state index in [1.54, 1.807) is 11.8 Å². The van der Waals surface area contributed by atoms with E-state index in [0.717, 1.165) is 0 Å². The Morgan fingerprint density at radius 2 is 1.89 bits per heavy atom. The van der Waals surface area contributed by atoms with Crippen molar-refractivity contribution >= 4 is 11.8 Å². The molecule has 0 radical (unpaired) electrons. The molecule has 1 aliphatic rings. The molecule has 0 amide bonds. The fourth-order valence-corrected chi connectivity index (χ4v) is 2.83. The summed E-state index contributed by atoms with van der Waals surface area (Å²) in [7, 11) is 2.09. The first-order chi connectivity index (χ1) is 8.69. The fourth-order valence-electron chi connectivity index (χ4n) is 1.77. The van der Waals surface area contributed by atoms with Crippen LogP contribution in [-0.2, 0) is 0 Å². The number of nitrogens with zero attached hydrogens (tertiary/aromatic N) is 1. The minimum atomic E-state index is 1.19. The predicted molar refractivity (Wildman–Crippen MR) is 84.0 cm³/mol. The van der Waals surface area contributed by atoms with Crippen molar-refractivity contribution in [2.45, 2.75) is 20.8 Å². The normalized spacial score (nSPS) is 21.9. The topological polar surface area (TPSA) is 3.24 Å². The zero-order valence-corrected chi connectivity index (χ0v) is 12.4. The summed E-state index contributed by atoms with van der Waals surface area (Å²) in [6.45, 7) is 10.0. The second-order valence-corrected chi connectivity index (χ2v) is 4.93. The van der Waals surface area contributed by atoms with Gasteiger partial charge in [0.1, 0.15) is 0 Å². The second kappa shape index (κ2) is 7.12. The number of allylic oxidation sites excluding steroid dienone is 7. The van der Waals surface area contributed by atoms with Crippen LogP contribution in [0.2, 0.25) is 0 Å².